The number of nitrogens with zero attached hydrogens (tertiary/aromatic N) is 2. The van der Waals surface area contributed by atoms with Gasteiger partial charge in [-0.25, -0.2) is 9.37 Å². The van der Waals surface area contributed by atoms with Crippen LogP contribution in [0, 0.1) is 12.7 Å². The minimum atomic E-state index is -0.334. The largest absolute Gasteiger partial charge is 0.486 e. The lowest BCUT2D eigenvalue weighted by Crippen LogP contribution is -2.30. The van der Waals surface area contributed by atoms with Gasteiger partial charge in [-0.3, -0.25) is 9.59 Å². The van der Waals surface area contributed by atoms with E-state index in [1.54, 1.807) is 36.1 Å². The fraction of sp³-hybridized carbons (Fsp3) is 0.261. The van der Waals surface area contributed by atoms with E-state index in [2.05, 4.69) is 10.3 Å². The third-order valence-electron chi connectivity index (χ3n) is 4.64. The molecule has 1 N–H and O–H groups in total. The van der Waals surface area contributed by atoms with E-state index < -0.39 is 0 Å². The summed E-state index contributed by atoms with van der Waals surface area (Å²) in [5.41, 5.74) is 1.66. The molecule has 0 bridgehead atoms. The van der Waals surface area contributed by atoms with Crippen LogP contribution in [0.2, 0.25) is 0 Å². The fourth-order valence-corrected chi connectivity index (χ4v) is 3.88. The maximum Gasteiger partial charge on any atom is 0.267 e. The third-order valence-corrected chi connectivity index (χ3v) is 5.77. The summed E-state index contributed by atoms with van der Waals surface area (Å²) in [6, 6.07) is 12.6. The highest BCUT2D eigenvalue weighted by atomic mass is 32.1. The zero-order valence-electron chi connectivity index (χ0n) is 17.6. The number of benzene rings is 2. The molecule has 0 aliphatic rings. The molecular weight excluding hydrogens is 417 g/mol. The molecular formula is C23H24FN3O3S. The molecule has 0 radical (unpaired) electrons. The number of hydrogen-bond donors (Lipinski definition) is 1. The molecule has 1 heterocycles. The Morgan fingerprint density at radius 1 is 1.13 bits per heavy atom. The van der Waals surface area contributed by atoms with Gasteiger partial charge in [0, 0.05) is 24.3 Å². The molecule has 162 valence electrons. The SMILES string of the molecule is CCN(CC)C(=O)c1cccc(NC(=O)c2sc(COc3ccc(F)cc3)nc2C)c1. The standard InChI is InChI=1S/C23H24FN3O3S/c1-4-27(5-2)23(29)16-7-6-8-18(13-16)26-22(28)21-15(3)25-20(31-21)14-30-19-11-9-17(24)10-12-19/h6-13H,4-5,14H2,1-3H3,(H,26,28). The highest BCUT2D eigenvalue weighted by Gasteiger charge is 2.17. The first kappa shape index (κ1) is 22.4. The van der Waals surface area contributed by atoms with Crippen LogP contribution < -0.4 is 10.1 Å². The van der Waals surface area contributed by atoms with Gasteiger partial charge in [-0.2, -0.15) is 0 Å². The van der Waals surface area contributed by atoms with Gasteiger partial charge in [-0.1, -0.05) is 6.07 Å². The Morgan fingerprint density at radius 3 is 2.52 bits per heavy atom. The molecule has 3 aromatic rings. The van der Waals surface area contributed by atoms with Gasteiger partial charge >= 0.3 is 0 Å². The summed E-state index contributed by atoms with van der Waals surface area (Å²) in [7, 11) is 0. The van der Waals surface area contributed by atoms with E-state index in [-0.39, 0.29) is 24.2 Å². The molecule has 0 spiro atoms. The molecule has 31 heavy (non-hydrogen) atoms. The predicted molar refractivity (Wildman–Crippen MR) is 119 cm³/mol. The Morgan fingerprint density at radius 2 is 1.84 bits per heavy atom. The molecule has 2 aromatic carbocycles. The number of hydrogen-bond acceptors (Lipinski definition) is 5. The second-order valence-corrected chi connectivity index (χ2v) is 7.86. The van der Waals surface area contributed by atoms with Crippen LogP contribution in [0.3, 0.4) is 0 Å². The van der Waals surface area contributed by atoms with E-state index in [0.29, 0.717) is 45.7 Å². The van der Waals surface area contributed by atoms with E-state index in [0.717, 1.165) is 0 Å². The number of nitrogens with one attached hydrogen (secondary N) is 1. The highest BCUT2D eigenvalue weighted by Crippen LogP contribution is 2.22. The summed E-state index contributed by atoms with van der Waals surface area (Å²) in [6.07, 6.45) is 0. The molecule has 1 aromatic heterocycles. The minimum Gasteiger partial charge on any atom is -0.486 e. The summed E-state index contributed by atoms with van der Waals surface area (Å²) < 4.78 is 18.6. The van der Waals surface area contributed by atoms with Crippen LogP contribution in [-0.4, -0.2) is 34.8 Å². The quantitative estimate of drug-likeness (QED) is 0.540. The number of carbonyl (C=O) groups is 2. The Hall–Kier alpha value is -3.26. The van der Waals surface area contributed by atoms with Crippen molar-refractivity contribution in [1.82, 2.24) is 9.88 Å². The van der Waals surface area contributed by atoms with E-state index >= 15 is 0 Å². The molecule has 2 amide bonds. The van der Waals surface area contributed by atoms with Crippen LogP contribution in [0.5, 0.6) is 5.75 Å². The van der Waals surface area contributed by atoms with Gasteiger partial charge in [-0.05, 0) is 63.2 Å². The summed E-state index contributed by atoms with van der Waals surface area (Å²) in [5.74, 6) is -0.181. The highest BCUT2D eigenvalue weighted by molar-refractivity contribution is 7.13. The first-order valence-electron chi connectivity index (χ1n) is 9.96. The van der Waals surface area contributed by atoms with Crippen molar-refractivity contribution in [2.75, 3.05) is 18.4 Å². The molecule has 6 nitrogen and oxygen atoms in total. The number of amides is 2. The van der Waals surface area contributed by atoms with Crippen LogP contribution in [0.4, 0.5) is 10.1 Å². The number of rotatable bonds is 8. The maximum atomic E-state index is 13.0. The summed E-state index contributed by atoms with van der Waals surface area (Å²) in [5, 5.41) is 3.48. The van der Waals surface area contributed by atoms with Gasteiger partial charge in [0.25, 0.3) is 11.8 Å². The number of carbonyl (C=O) groups excluding carboxylic acids is 2. The normalized spacial score (nSPS) is 10.6. The van der Waals surface area contributed by atoms with E-state index in [1.165, 1.54) is 35.6 Å². The van der Waals surface area contributed by atoms with Crippen molar-refractivity contribution in [3.8, 4) is 5.75 Å². The zero-order valence-corrected chi connectivity index (χ0v) is 18.5. The molecule has 0 fully saturated rings. The second-order valence-electron chi connectivity index (χ2n) is 6.78. The molecule has 0 saturated heterocycles. The second kappa shape index (κ2) is 10.2. The summed E-state index contributed by atoms with van der Waals surface area (Å²) in [4.78, 5) is 31.9. The monoisotopic (exact) mass is 441 g/mol. The zero-order chi connectivity index (χ0) is 22.4. The van der Waals surface area contributed by atoms with Crippen molar-refractivity contribution in [2.24, 2.45) is 0 Å². The molecule has 8 heteroatoms. The Kier molecular flexibility index (Phi) is 7.36. The van der Waals surface area contributed by atoms with Crippen molar-refractivity contribution in [2.45, 2.75) is 27.4 Å². The molecule has 0 atom stereocenters. The number of halogens is 1. The number of ether oxygens (including phenoxy) is 1. The van der Waals surface area contributed by atoms with Gasteiger partial charge in [0.1, 0.15) is 28.1 Å². The van der Waals surface area contributed by atoms with Gasteiger partial charge in [0.15, 0.2) is 0 Å². The molecule has 3 rings (SSSR count). The lowest BCUT2D eigenvalue weighted by atomic mass is 10.1. The minimum absolute atomic E-state index is 0.0738. The molecule has 0 aliphatic heterocycles. The van der Waals surface area contributed by atoms with Crippen LogP contribution in [-0.2, 0) is 6.61 Å². The van der Waals surface area contributed by atoms with E-state index in [9.17, 15) is 14.0 Å². The third kappa shape index (κ3) is 5.67. The number of thiazole rings is 1. The summed E-state index contributed by atoms with van der Waals surface area (Å²) in [6.45, 7) is 7.03. The van der Waals surface area contributed by atoms with Gasteiger partial charge in [-0.15, -0.1) is 11.3 Å². The molecule has 0 aliphatic carbocycles. The van der Waals surface area contributed by atoms with Crippen LogP contribution >= 0.6 is 11.3 Å². The average Bonchev–Trinajstić information content (AvgIpc) is 3.15. The van der Waals surface area contributed by atoms with Crippen LogP contribution in [0.15, 0.2) is 48.5 Å². The average molecular weight is 442 g/mol. The van der Waals surface area contributed by atoms with Crippen LogP contribution in [0.25, 0.3) is 0 Å². The van der Waals surface area contributed by atoms with Crippen molar-refractivity contribution < 1.29 is 18.7 Å². The van der Waals surface area contributed by atoms with E-state index in [4.69, 9.17) is 4.74 Å². The van der Waals surface area contributed by atoms with Gasteiger partial charge in [0.2, 0.25) is 0 Å². The van der Waals surface area contributed by atoms with Crippen molar-refractivity contribution in [1.29, 1.82) is 0 Å². The number of anilines is 1. The Labute approximate surface area is 184 Å². The lowest BCUT2D eigenvalue weighted by Gasteiger charge is -2.19. The Balaban J connectivity index is 1.67. The first-order valence-corrected chi connectivity index (χ1v) is 10.8. The van der Waals surface area contributed by atoms with Crippen LogP contribution in [0.1, 0.15) is 44.6 Å². The molecule has 0 unspecified atom stereocenters. The topological polar surface area (TPSA) is 71.5 Å². The number of aromatic nitrogens is 1. The van der Waals surface area contributed by atoms with E-state index in [1.807, 2.05) is 13.8 Å². The smallest absolute Gasteiger partial charge is 0.267 e. The fourth-order valence-electron chi connectivity index (χ4n) is 3.01. The van der Waals surface area contributed by atoms with Crippen molar-refractivity contribution >= 4 is 28.8 Å². The summed E-state index contributed by atoms with van der Waals surface area (Å²) >= 11 is 1.23. The van der Waals surface area contributed by atoms with Gasteiger partial charge < -0.3 is 15.0 Å². The predicted octanol–water partition coefficient (Wildman–Crippen LogP) is 4.90. The number of aryl methyl sites for hydroxylation is 1. The van der Waals surface area contributed by atoms with Gasteiger partial charge in [0.05, 0.1) is 5.69 Å². The first-order chi connectivity index (χ1) is 14.9. The van der Waals surface area contributed by atoms with Crippen molar-refractivity contribution in [3.05, 3.63) is 75.5 Å². The molecule has 0 saturated carbocycles. The Bertz CT molecular complexity index is 1060. The van der Waals surface area contributed by atoms with Crippen molar-refractivity contribution in [3.63, 3.8) is 0 Å². The maximum absolute atomic E-state index is 13.0. The lowest BCUT2D eigenvalue weighted by molar-refractivity contribution is 0.0772.